The average molecular weight is 311 g/mol. The molecule has 3 nitrogen and oxygen atoms in total. The van der Waals surface area contributed by atoms with E-state index in [1.165, 1.54) is 0 Å². The van der Waals surface area contributed by atoms with Crippen molar-refractivity contribution in [2.45, 2.75) is 0 Å². The van der Waals surface area contributed by atoms with E-state index < -0.39 is 7.12 Å². The molecule has 2 aromatic heterocycles. The normalized spacial score (nSPS) is 11.0. The first-order valence-electron chi connectivity index (χ1n) is 5.02. The van der Waals surface area contributed by atoms with Gasteiger partial charge in [0.25, 0.3) is 0 Å². The SMILES string of the molecule is OBc1ccc(/C=C/c2ccc(B(O)O)[se]2)s1. The molecule has 0 aliphatic rings. The van der Waals surface area contributed by atoms with Crippen molar-refractivity contribution in [3.8, 4) is 0 Å². The van der Waals surface area contributed by atoms with Gasteiger partial charge in [0.2, 0.25) is 0 Å². The zero-order chi connectivity index (χ0) is 12.3. The van der Waals surface area contributed by atoms with Gasteiger partial charge in [-0.15, -0.1) is 0 Å². The standard InChI is InChI=1S/C10H10B2O3SSe/c13-11-9-5-2-7(16-9)1-3-8-4-6-10(17-8)12(14)15/h1-6,11,13-15H/b3-1+. The molecule has 0 fully saturated rings. The van der Waals surface area contributed by atoms with Crippen LogP contribution in [0.3, 0.4) is 0 Å². The second kappa shape index (κ2) is 5.87. The Morgan fingerprint density at radius 2 is 2.00 bits per heavy atom. The van der Waals surface area contributed by atoms with Gasteiger partial charge in [-0.3, -0.25) is 0 Å². The van der Waals surface area contributed by atoms with Crippen LogP contribution in [0, 0.1) is 0 Å². The third-order valence-corrected chi connectivity index (χ3v) is 5.48. The van der Waals surface area contributed by atoms with Crippen molar-refractivity contribution < 1.29 is 15.1 Å². The Morgan fingerprint density at radius 1 is 1.18 bits per heavy atom. The molecule has 0 unspecified atom stereocenters. The number of thiophene rings is 1. The van der Waals surface area contributed by atoms with Crippen LogP contribution in [0.1, 0.15) is 9.31 Å². The van der Waals surface area contributed by atoms with E-state index in [9.17, 15) is 0 Å². The minimum atomic E-state index is -1.33. The van der Waals surface area contributed by atoms with Crippen LogP contribution < -0.4 is 9.11 Å². The molecule has 0 aliphatic carbocycles. The van der Waals surface area contributed by atoms with Crippen molar-refractivity contribution in [2.24, 2.45) is 0 Å². The van der Waals surface area contributed by atoms with Crippen LogP contribution in [0.25, 0.3) is 12.2 Å². The summed E-state index contributed by atoms with van der Waals surface area (Å²) >= 11 is 1.55. The van der Waals surface area contributed by atoms with Crippen molar-refractivity contribution in [3.05, 3.63) is 33.6 Å². The van der Waals surface area contributed by atoms with Crippen LogP contribution in [0.4, 0.5) is 0 Å². The maximum atomic E-state index is 9.01. The summed E-state index contributed by atoms with van der Waals surface area (Å²) in [5.41, 5.74) is 0. The summed E-state index contributed by atoms with van der Waals surface area (Å²) in [6, 6.07) is 7.54. The van der Waals surface area contributed by atoms with Gasteiger partial charge >= 0.3 is 110 Å². The van der Waals surface area contributed by atoms with Crippen LogP contribution in [-0.2, 0) is 0 Å². The quantitative estimate of drug-likeness (QED) is 0.610. The van der Waals surface area contributed by atoms with E-state index >= 15 is 0 Å². The molecule has 2 heterocycles. The van der Waals surface area contributed by atoms with E-state index in [0.717, 1.165) is 14.1 Å². The number of hydrogen-bond acceptors (Lipinski definition) is 4. The van der Waals surface area contributed by atoms with Crippen LogP contribution in [-0.4, -0.2) is 44.2 Å². The second-order valence-electron chi connectivity index (χ2n) is 3.41. The molecule has 0 saturated heterocycles. The molecule has 0 aromatic carbocycles. The van der Waals surface area contributed by atoms with E-state index in [2.05, 4.69) is 0 Å². The Morgan fingerprint density at radius 3 is 2.59 bits per heavy atom. The Kier molecular flexibility index (Phi) is 4.45. The molecule has 0 atom stereocenters. The molecule has 0 spiro atoms. The Bertz CT molecular complexity index is 521. The fourth-order valence-corrected chi connectivity index (χ4v) is 3.75. The first kappa shape index (κ1) is 12.9. The molecule has 0 aliphatic heterocycles. The second-order valence-corrected chi connectivity index (χ2v) is 7.02. The molecule has 0 radical (unpaired) electrons. The molecule has 0 saturated carbocycles. The Labute approximate surface area is 110 Å². The minimum absolute atomic E-state index is 0.00172. The molecule has 0 bridgehead atoms. The van der Waals surface area contributed by atoms with Gasteiger partial charge < -0.3 is 0 Å². The van der Waals surface area contributed by atoms with E-state index in [1.807, 2.05) is 30.4 Å². The molecular weight excluding hydrogens is 301 g/mol. The fraction of sp³-hybridized carbons (Fsp3) is 0. The Hall–Kier alpha value is -0.551. The van der Waals surface area contributed by atoms with Gasteiger partial charge in [-0.05, 0) is 0 Å². The molecule has 17 heavy (non-hydrogen) atoms. The summed E-state index contributed by atoms with van der Waals surface area (Å²) in [4.78, 5) is 1.09. The summed E-state index contributed by atoms with van der Waals surface area (Å²) in [5, 5.41) is 27.0. The third-order valence-electron chi connectivity index (χ3n) is 2.15. The van der Waals surface area contributed by atoms with Gasteiger partial charge in [0.1, 0.15) is 0 Å². The monoisotopic (exact) mass is 312 g/mol. The summed E-state index contributed by atoms with van der Waals surface area (Å²) < 4.78 is 2.74. The zero-order valence-electron chi connectivity index (χ0n) is 8.91. The van der Waals surface area contributed by atoms with Crippen LogP contribution in [0.5, 0.6) is 0 Å². The Balaban J connectivity index is 2.08. The van der Waals surface area contributed by atoms with Crippen molar-refractivity contribution >= 4 is 61.7 Å². The first-order valence-corrected chi connectivity index (χ1v) is 7.55. The molecule has 2 aromatic rings. The van der Waals surface area contributed by atoms with Crippen molar-refractivity contribution in [2.75, 3.05) is 0 Å². The van der Waals surface area contributed by atoms with E-state index in [0.29, 0.717) is 4.34 Å². The summed E-state index contributed by atoms with van der Waals surface area (Å²) in [6.45, 7) is 0. The van der Waals surface area contributed by atoms with Gasteiger partial charge in [-0.25, -0.2) is 0 Å². The topological polar surface area (TPSA) is 60.7 Å². The third kappa shape index (κ3) is 3.45. The van der Waals surface area contributed by atoms with Gasteiger partial charge in [-0.1, -0.05) is 0 Å². The first-order chi connectivity index (χ1) is 8.19. The summed E-state index contributed by atoms with van der Waals surface area (Å²) in [5.74, 6) is 0. The molecule has 2 rings (SSSR count). The molecule has 86 valence electrons. The van der Waals surface area contributed by atoms with Gasteiger partial charge in [0.15, 0.2) is 0 Å². The van der Waals surface area contributed by atoms with Crippen molar-refractivity contribution in [3.63, 3.8) is 0 Å². The van der Waals surface area contributed by atoms with Crippen LogP contribution in [0.15, 0.2) is 24.3 Å². The van der Waals surface area contributed by atoms with E-state index in [4.69, 9.17) is 15.1 Å². The van der Waals surface area contributed by atoms with Gasteiger partial charge in [0, 0.05) is 0 Å². The zero-order valence-corrected chi connectivity index (χ0v) is 11.4. The molecule has 0 amide bonds. The fourth-order valence-electron chi connectivity index (χ4n) is 1.33. The number of hydrogen-bond donors (Lipinski definition) is 3. The maximum absolute atomic E-state index is 9.01. The molecule has 3 N–H and O–H groups in total. The van der Waals surface area contributed by atoms with E-state index in [1.54, 1.807) is 17.4 Å². The predicted octanol–water partition coefficient (Wildman–Crippen LogP) is -1.38. The summed E-state index contributed by atoms with van der Waals surface area (Å²) in [6.07, 6.45) is 3.97. The average Bonchev–Trinajstić information content (AvgIpc) is 2.95. The van der Waals surface area contributed by atoms with Gasteiger partial charge in [0.05, 0.1) is 0 Å². The van der Waals surface area contributed by atoms with E-state index in [-0.39, 0.29) is 22.0 Å². The van der Waals surface area contributed by atoms with Crippen molar-refractivity contribution in [1.82, 2.24) is 0 Å². The van der Waals surface area contributed by atoms with Gasteiger partial charge in [-0.2, -0.15) is 0 Å². The molecular formula is C10H10B2O3SSe. The summed E-state index contributed by atoms with van der Waals surface area (Å²) in [7, 11) is -1.26. The number of rotatable bonds is 4. The van der Waals surface area contributed by atoms with Crippen LogP contribution in [0.2, 0.25) is 0 Å². The predicted molar refractivity (Wildman–Crippen MR) is 75.5 cm³/mol. The van der Waals surface area contributed by atoms with Crippen LogP contribution >= 0.6 is 11.3 Å². The molecule has 7 heteroatoms. The van der Waals surface area contributed by atoms with Crippen molar-refractivity contribution in [1.29, 1.82) is 0 Å².